The average molecular weight is 515 g/mol. The van der Waals surface area contributed by atoms with Crippen LogP contribution in [0.4, 0.5) is 0 Å². The normalized spacial score (nSPS) is 14.3. The summed E-state index contributed by atoms with van der Waals surface area (Å²) >= 11 is 0. The lowest BCUT2D eigenvalue weighted by Crippen LogP contribution is -2.32. The molecule has 0 radical (unpaired) electrons. The minimum Gasteiger partial charge on any atom is -0.496 e. The molecule has 1 amide bonds. The molecule has 1 fully saturated rings. The van der Waals surface area contributed by atoms with Crippen LogP contribution in [0.1, 0.15) is 48.9 Å². The summed E-state index contributed by atoms with van der Waals surface area (Å²) in [5.74, 6) is 1.27. The van der Waals surface area contributed by atoms with Crippen LogP contribution in [-0.2, 0) is 16.6 Å². The fourth-order valence-corrected chi connectivity index (χ4v) is 5.02. The molecule has 1 N–H and O–H groups in total. The second kappa shape index (κ2) is 11.5. The first kappa shape index (κ1) is 25.6. The molecule has 0 unspecified atom stereocenters. The molecule has 3 aromatic rings. The molecule has 1 aromatic heterocycles. The molecule has 0 bridgehead atoms. The number of likely N-dealkylation sites (tertiary alicyclic amines) is 1. The Morgan fingerprint density at radius 3 is 2.47 bits per heavy atom. The molecule has 11 heteroatoms. The minimum absolute atomic E-state index is 0.0484. The van der Waals surface area contributed by atoms with Crippen LogP contribution in [0.5, 0.6) is 11.5 Å². The summed E-state index contributed by atoms with van der Waals surface area (Å²) < 4.78 is 44.5. The van der Waals surface area contributed by atoms with Crippen molar-refractivity contribution in [3.63, 3.8) is 0 Å². The van der Waals surface area contributed by atoms with Crippen LogP contribution in [0.2, 0.25) is 0 Å². The van der Waals surface area contributed by atoms with Crippen molar-refractivity contribution in [1.29, 1.82) is 0 Å². The zero-order valence-electron chi connectivity index (χ0n) is 20.4. The van der Waals surface area contributed by atoms with Gasteiger partial charge in [-0.25, -0.2) is 13.1 Å². The van der Waals surface area contributed by atoms with Gasteiger partial charge in [-0.1, -0.05) is 18.0 Å². The maximum absolute atomic E-state index is 13.2. The van der Waals surface area contributed by atoms with Crippen LogP contribution >= 0.6 is 0 Å². The van der Waals surface area contributed by atoms with E-state index in [2.05, 4.69) is 14.9 Å². The van der Waals surface area contributed by atoms with E-state index in [4.69, 9.17) is 14.0 Å². The molecule has 0 atom stereocenters. The van der Waals surface area contributed by atoms with E-state index in [0.29, 0.717) is 36.8 Å². The summed E-state index contributed by atoms with van der Waals surface area (Å²) in [5, 5.41) is 3.93. The second-order valence-corrected chi connectivity index (χ2v) is 10.1. The molecular weight excluding hydrogens is 484 g/mol. The molecule has 192 valence electrons. The maximum atomic E-state index is 13.2. The smallest absolute Gasteiger partial charge is 0.257 e. The molecule has 2 heterocycles. The van der Waals surface area contributed by atoms with E-state index in [1.165, 1.54) is 25.3 Å². The lowest BCUT2D eigenvalue weighted by molar-refractivity contribution is 0.0758. The number of sulfonamides is 1. The number of carbonyl (C=O) groups excluding carboxylic acids is 1. The number of aromatic nitrogens is 2. The van der Waals surface area contributed by atoms with Crippen molar-refractivity contribution in [3.8, 4) is 22.9 Å². The Bertz CT molecular complexity index is 1280. The molecule has 1 saturated heterocycles. The summed E-state index contributed by atoms with van der Waals surface area (Å²) in [5.41, 5.74) is 0.931. The molecule has 1 aliphatic heterocycles. The van der Waals surface area contributed by atoms with Crippen molar-refractivity contribution in [1.82, 2.24) is 19.8 Å². The Kier molecular flexibility index (Phi) is 8.21. The van der Waals surface area contributed by atoms with E-state index >= 15 is 0 Å². The third kappa shape index (κ3) is 6.03. The third-order valence-electron chi connectivity index (χ3n) is 5.91. The van der Waals surface area contributed by atoms with Crippen molar-refractivity contribution in [3.05, 3.63) is 53.9 Å². The number of hydrogen-bond acceptors (Lipinski definition) is 8. The fraction of sp³-hybridized carbons (Fsp3) is 0.400. The van der Waals surface area contributed by atoms with Gasteiger partial charge in [0.1, 0.15) is 11.5 Å². The fourth-order valence-electron chi connectivity index (χ4n) is 4.02. The monoisotopic (exact) mass is 514 g/mol. The van der Waals surface area contributed by atoms with E-state index in [9.17, 15) is 13.2 Å². The Hall–Kier alpha value is -3.44. The topological polar surface area (TPSA) is 124 Å². The predicted octanol–water partition coefficient (Wildman–Crippen LogP) is 3.64. The van der Waals surface area contributed by atoms with Gasteiger partial charge in [-0.2, -0.15) is 4.98 Å². The number of hydrogen-bond donors (Lipinski definition) is 1. The van der Waals surface area contributed by atoms with Gasteiger partial charge in [0.2, 0.25) is 21.7 Å². The van der Waals surface area contributed by atoms with Gasteiger partial charge in [0.15, 0.2) is 0 Å². The lowest BCUT2D eigenvalue weighted by atomic mass is 10.1. The van der Waals surface area contributed by atoms with Gasteiger partial charge in [0, 0.05) is 18.7 Å². The van der Waals surface area contributed by atoms with Gasteiger partial charge in [0.25, 0.3) is 5.91 Å². The van der Waals surface area contributed by atoms with E-state index in [-0.39, 0.29) is 28.8 Å². The lowest BCUT2D eigenvalue weighted by Gasteiger charge is -2.22. The predicted molar refractivity (Wildman–Crippen MR) is 132 cm³/mol. The van der Waals surface area contributed by atoms with Gasteiger partial charge in [-0.3, -0.25) is 4.79 Å². The first-order valence-electron chi connectivity index (χ1n) is 11.9. The number of methoxy groups -OCH3 is 1. The summed E-state index contributed by atoms with van der Waals surface area (Å²) in [7, 11) is -2.51. The number of carbonyl (C=O) groups is 1. The third-order valence-corrected chi connectivity index (χ3v) is 7.31. The van der Waals surface area contributed by atoms with Crippen LogP contribution < -0.4 is 14.2 Å². The van der Waals surface area contributed by atoms with E-state index in [0.717, 1.165) is 31.4 Å². The second-order valence-electron chi connectivity index (χ2n) is 8.36. The summed E-state index contributed by atoms with van der Waals surface area (Å²) in [6.45, 7) is 3.55. The number of nitrogens with one attached hydrogen (secondary N) is 1. The SMILES string of the molecule is CCOc1ccc(-c2noc(CNS(=O)(=O)c3ccc(OC)c(C(=O)N4CCCCCC4)c3)n2)cc1. The molecule has 2 aromatic carbocycles. The highest BCUT2D eigenvalue weighted by molar-refractivity contribution is 7.89. The highest BCUT2D eigenvalue weighted by atomic mass is 32.2. The number of amides is 1. The number of benzene rings is 2. The van der Waals surface area contributed by atoms with Crippen molar-refractivity contribution in [2.75, 3.05) is 26.8 Å². The van der Waals surface area contributed by atoms with Crippen molar-refractivity contribution < 1.29 is 27.2 Å². The molecule has 0 saturated carbocycles. The molecular formula is C25H30N4O6S. The largest absolute Gasteiger partial charge is 0.496 e. The molecule has 1 aliphatic rings. The minimum atomic E-state index is -3.97. The molecule has 36 heavy (non-hydrogen) atoms. The highest BCUT2D eigenvalue weighted by Gasteiger charge is 2.24. The quantitative estimate of drug-likeness (QED) is 0.459. The highest BCUT2D eigenvalue weighted by Crippen LogP contribution is 2.26. The zero-order chi connectivity index (χ0) is 25.5. The number of rotatable bonds is 9. The van der Waals surface area contributed by atoms with E-state index < -0.39 is 10.0 Å². The van der Waals surface area contributed by atoms with Gasteiger partial charge in [-0.05, 0) is 62.2 Å². The molecule has 0 aliphatic carbocycles. The van der Waals surface area contributed by atoms with Crippen LogP contribution in [0, 0.1) is 0 Å². The van der Waals surface area contributed by atoms with Gasteiger partial charge in [-0.15, -0.1) is 0 Å². The maximum Gasteiger partial charge on any atom is 0.257 e. The average Bonchev–Trinajstić information content (AvgIpc) is 3.20. The first-order valence-corrected chi connectivity index (χ1v) is 13.4. The van der Waals surface area contributed by atoms with E-state index in [1.807, 2.05) is 6.92 Å². The number of nitrogens with zero attached hydrogens (tertiary/aromatic N) is 3. The number of ether oxygens (including phenoxy) is 2. The molecule has 0 spiro atoms. The Balaban J connectivity index is 1.47. The Morgan fingerprint density at radius 2 is 1.81 bits per heavy atom. The standard InChI is InChI=1S/C25H30N4O6S/c1-3-34-19-10-8-18(9-11-19)24-27-23(35-28-24)17-26-36(31,32)20-12-13-22(33-2)21(16-20)25(30)29-14-6-4-5-7-15-29/h8-13,16,26H,3-7,14-15,17H2,1-2H3. The van der Waals surface area contributed by atoms with Crippen LogP contribution in [0.15, 0.2) is 51.9 Å². The summed E-state index contributed by atoms with van der Waals surface area (Å²) in [6.07, 6.45) is 4.01. The Morgan fingerprint density at radius 1 is 1.08 bits per heavy atom. The van der Waals surface area contributed by atoms with Crippen LogP contribution in [-0.4, -0.2) is 56.2 Å². The zero-order valence-corrected chi connectivity index (χ0v) is 21.2. The summed E-state index contributed by atoms with van der Waals surface area (Å²) in [6, 6.07) is 11.4. The van der Waals surface area contributed by atoms with Crippen LogP contribution in [0.25, 0.3) is 11.4 Å². The molecule has 10 nitrogen and oxygen atoms in total. The van der Waals surface area contributed by atoms with Crippen molar-refractivity contribution in [2.45, 2.75) is 44.0 Å². The van der Waals surface area contributed by atoms with E-state index in [1.54, 1.807) is 29.2 Å². The first-order chi connectivity index (χ1) is 17.4. The molecule has 4 rings (SSSR count). The van der Waals surface area contributed by atoms with Gasteiger partial charge >= 0.3 is 0 Å². The summed E-state index contributed by atoms with van der Waals surface area (Å²) in [4.78, 5) is 19.2. The Labute approximate surface area is 210 Å². The van der Waals surface area contributed by atoms with Gasteiger partial charge < -0.3 is 18.9 Å². The van der Waals surface area contributed by atoms with Crippen LogP contribution in [0.3, 0.4) is 0 Å². The van der Waals surface area contributed by atoms with Crippen molar-refractivity contribution >= 4 is 15.9 Å². The van der Waals surface area contributed by atoms with Crippen molar-refractivity contribution in [2.24, 2.45) is 0 Å². The van der Waals surface area contributed by atoms with Gasteiger partial charge in [0.05, 0.1) is 30.7 Å².